The van der Waals surface area contributed by atoms with Crippen molar-refractivity contribution in [3.63, 3.8) is 0 Å². The van der Waals surface area contributed by atoms with Crippen LogP contribution in [0.5, 0.6) is 5.75 Å². The van der Waals surface area contributed by atoms with Gasteiger partial charge in [0.25, 0.3) is 0 Å². The normalized spacial score (nSPS) is 17.4. The molecule has 0 bridgehead atoms. The first-order chi connectivity index (χ1) is 9.88. The SMILES string of the molecule is N#CCCCOc1cccc(NCC2CC=CCC2)c1. The third kappa shape index (κ3) is 4.97. The molecule has 0 aliphatic heterocycles. The molecule has 1 aromatic rings. The highest BCUT2D eigenvalue weighted by Crippen LogP contribution is 2.21. The third-order valence-corrected chi connectivity index (χ3v) is 3.51. The van der Waals surface area contributed by atoms with E-state index in [2.05, 4.69) is 29.6 Å². The standard InChI is InChI=1S/C17H22N2O/c18-11-4-5-12-20-17-10-6-9-16(13-17)19-14-15-7-2-1-3-8-15/h1-2,6,9-10,13,15,19H,3-5,7-8,12,14H2. The van der Waals surface area contributed by atoms with Gasteiger partial charge < -0.3 is 10.1 Å². The number of allylic oxidation sites excluding steroid dienone is 2. The van der Waals surface area contributed by atoms with E-state index in [-0.39, 0.29) is 0 Å². The first-order valence-corrected chi connectivity index (χ1v) is 7.37. The van der Waals surface area contributed by atoms with Gasteiger partial charge in [-0.3, -0.25) is 0 Å². The second kappa shape index (κ2) is 8.27. The Morgan fingerprint density at radius 1 is 1.35 bits per heavy atom. The van der Waals surface area contributed by atoms with Crippen LogP contribution >= 0.6 is 0 Å². The number of hydrogen-bond donors (Lipinski definition) is 1. The number of nitrogens with zero attached hydrogens (tertiary/aromatic N) is 1. The monoisotopic (exact) mass is 270 g/mol. The molecule has 2 rings (SSSR count). The lowest BCUT2D eigenvalue weighted by Crippen LogP contribution is -2.15. The van der Waals surface area contributed by atoms with Crippen LogP contribution in [0, 0.1) is 17.2 Å². The summed E-state index contributed by atoms with van der Waals surface area (Å²) in [5, 5.41) is 12.0. The van der Waals surface area contributed by atoms with Crippen LogP contribution in [0.2, 0.25) is 0 Å². The van der Waals surface area contributed by atoms with Crippen LogP contribution < -0.4 is 10.1 Å². The number of hydrogen-bond acceptors (Lipinski definition) is 3. The largest absolute Gasteiger partial charge is 0.493 e. The number of anilines is 1. The van der Waals surface area contributed by atoms with Gasteiger partial charge in [0.15, 0.2) is 0 Å². The van der Waals surface area contributed by atoms with Crippen molar-refractivity contribution in [2.24, 2.45) is 5.92 Å². The van der Waals surface area contributed by atoms with Crippen molar-refractivity contribution in [3.8, 4) is 11.8 Å². The summed E-state index contributed by atoms with van der Waals surface area (Å²) < 4.78 is 5.64. The Balaban J connectivity index is 1.77. The first-order valence-electron chi connectivity index (χ1n) is 7.37. The van der Waals surface area contributed by atoms with E-state index >= 15 is 0 Å². The highest BCUT2D eigenvalue weighted by Gasteiger charge is 2.09. The minimum atomic E-state index is 0.549. The Kier molecular flexibility index (Phi) is 5.98. The second-order valence-electron chi connectivity index (χ2n) is 5.17. The lowest BCUT2D eigenvalue weighted by molar-refractivity contribution is 0.313. The van der Waals surface area contributed by atoms with E-state index in [1.807, 2.05) is 18.2 Å². The van der Waals surface area contributed by atoms with Crippen molar-refractivity contribution in [1.29, 1.82) is 5.26 Å². The zero-order valence-electron chi connectivity index (χ0n) is 11.8. The summed E-state index contributed by atoms with van der Waals surface area (Å²) in [5.74, 6) is 1.61. The fraction of sp³-hybridized carbons (Fsp3) is 0.471. The molecule has 0 saturated carbocycles. The van der Waals surface area contributed by atoms with Crippen LogP contribution in [-0.4, -0.2) is 13.2 Å². The summed E-state index contributed by atoms with van der Waals surface area (Å²) in [6.45, 7) is 1.62. The van der Waals surface area contributed by atoms with Crippen LogP contribution in [0.4, 0.5) is 5.69 Å². The zero-order valence-corrected chi connectivity index (χ0v) is 11.8. The number of ether oxygens (including phenoxy) is 1. The van der Waals surface area contributed by atoms with Gasteiger partial charge in [0.05, 0.1) is 12.7 Å². The quantitative estimate of drug-likeness (QED) is 0.598. The van der Waals surface area contributed by atoms with Gasteiger partial charge in [0.1, 0.15) is 5.75 Å². The minimum absolute atomic E-state index is 0.549. The molecule has 0 spiro atoms. The molecular weight excluding hydrogens is 248 g/mol. The minimum Gasteiger partial charge on any atom is -0.493 e. The van der Waals surface area contributed by atoms with Gasteiger partial charge in [0.2, 0.25) is 0 Å². The van der Waals surface area contributed by atoms with Crippen molar-refractivity contribution >= 4 is 5.69 Å². The molecule has 1 aliphatic carbocycles. The van der Waals surface area contributed by atoms with E-state index in [4.69, 9.17) is 10.00 Å². The van der Waals surface area contributed by atoms with Gasteiger partial charge in [-0.2, -0.15) is 5.26 Å². The van der Waals surface area contributed by atoms with Crippen molar-refractivity contribution in [1.82, 2.24) is 0 Å². The van der Waals surface area contributed by atoms with Crippen LogP contribution in [0.3, 0.4) is 0 Å². The maximum atomic E-state index is 8.48. The summed E-state index contributed by atoms with van der Waals surface area (Å²) in [6, 6.07) is 10.2. The molecule has 106 valence electrons. The molecule has 0 radical (unpaired) electrons. The van der Waals surface area contributed by atoms with E-state index in [1.54, 1.807) is 0 Å². The molecule has 3 nitrogen and oxygen atoms in total. The summed E-state index contributed by atoms with van der Waals surface area (Å²) in [5.41, 5.74) is 1.11. The first kappa shape index (κ1) is 14.5. The van der Waals surface area contributed by atoms with Gasteiger partial charge >= 0.3 is 0 Å². The fourth-order valence-corrected chi connectivity index (χ4v) is 2.34. The Morgan fingerprint density at radius 3 is 3.10 bits per heavy atom. The molecule has 1 aliphatic rings. The van der Waals surface area contributed by atoms with E-state index in [1.165, 1.54) is 19.3 Å². The molecule has 1 atom stereocenters. The molecule has 0 amide bonds. The molecule has 20 heavy (non-hydrogen) atoms. The highest BCUT2D eigenvalue weighted by atomic mass is 16.5. The van der Waals surface area contributed by atoms with Gasteiger partial charge in [-0.25, -0.2) is 0 Å². The van der Waals surface area contributed by atoms with Gasteiger partial charge in [-0.15, -0.1) is 0 Å². The average Bonchev–Trinajstić information content (AvgIpc) is 2.51. The molecule has 1 N–H and O–H groups in total. The van der Waals surface area contributed by atoms with E-state index in [9.17, 15) is 0 Å². The molecule has 3 heteroatoms. The maximum absolute atomic E-state index is 8.48. The smallest absolute Gasteiger partial charge is 0.121 e. The molecule has 1 unspecified atom stereocenters. The molecule has 0 heterocycles. The van der Waals surface area contributed by atoms with Crippen molar-refractivity contribution in [2.75, 3.05) is 18.5 Å². The summed E-state index contributed by atoms with van der Waals surface area (Å²) in [6.07, 6.45) is 9.53. The van der Waals surface area contributed by atoms with E-state index < -0.39 is 0 Å². The summed E-state index contributed by atoms with van der Waals surface area (Å²) in [7, 11) is 0. The number of rotatable bonds is 7. The Morgan fingerprint density at radius 2 is 2.30 bits per heavy atom. The maximum Gasteiger partial charge on any atom is 0.121 e. The predicted molar refractivity (Wildman–Crippen MR) is 81.8 cm³/mol. The Labute approximate surface area is 121 Å². The van der Waals surface area contributed by atoms with Gasteiger partial charge in [0, 0.05) is 24.7 Å². The van der Waals surface area contributed by atoms with E-state index in [0.29, 0.717) is 13.0 Å². The molecular formula is C17H22N2O. The highest BCUT2D eigenvalue weighted by molar-refractivity contribution is 5.48. The van der Waals surface area contributed by atoms with Crippen molar-refractivity contribution in [2.45, 2.75) is 32.1 Å². The molecule has 0 fully saturated rings. The lowest BCUT2D eigenvalue weighted by Gasteiger charge is -2.19. The van der Waals surface area contributed by atoms with Gasteiger partial charge in [-0.05, 0) is 43.7 Å². The van der Waals surface area contributed by atoms with Crippen LogP contribution in [0.1, 0.15) is 32.1 Å². The van der Waals surface area contributed by atoms with Crippen LogP contribution in [0.15, 0.2) is 36.4 Å². The number of nitriles is 1. The fourth-order valence-electron chi connectivity index (χ4n) is 2.34. The molecule has 1 aromatic carbocycles. The molecule has 0 aromatic heterocycles. The molecule has 0 saturated heterocycles. The Hall–Kier alpha value is -1.95. The number of nitrogens with one attached hydrogen (secondary N) is 1. The van der Waals surface area contributed by atoms with Crippen molar-refractivity contribution < 1.29 is 4.74 Å². The lowest BCUT2D eigenvalue weighted by atomic mass is 9.94. The number of benzene rings is 1. The van der Waals surface area contributed by atoms with Crippen molar-refractivity contribution in [3.05, 3.63) is 36.4 Å². The second-order valence-corrected chi connectivity index (χ2v) is 5.17. The topological polar surface area (TPSA) is 45.0 Å². The number of unbranched alkanes of at least 4 members (excludes halogenated alkanes) is 1. The van der Waals surface area contributed by atoms with E-state index in [0.717, 1.165) is 30.3 Å². The average molecular weight is 270 g/mol. The summed E-state index contributed by atoms with van der Waals surface area (Å²) in [4.78, 5) is 0. The van der Waals surface area contributed by atoms with Gasteiger partial charge in [-0.1, -0.05) is 18.2 Å². The van der Waals surface area contributed by atoms with Crippen LogP contribution in [-0.2, 0) is 0 Å². The zero-order chi connectivity index (χ0) is 14.0. The van der Waals surface area contributed by atoms with Crippen LogP contribution in [0.25, 0.3) is 0 Å². The Bertz CT molecular complexity index is 476. The third-order valence-electron chi connectivity index (χ3n) is 3.51. The predicted octanol–water partition coefficient (Wildman–Crippen LogP) is 4.14. The summed E-state index contributed by atoms with van der Waals surface area (Å²) >= 11 is 0.